The molecular formula is C13H28N2O2. The van der Waals surface area contributed by atoms with Crippen LogP contribution in [0.15, 0.2) is 0 Å². The maximum absolute atomic E-state index is 11.4. The number of nitrogens with one attached hydrogen (secondary N) is 1. The fraction of sp³-hybridized carbons (Fsp3) is 0.923. The van der Waals surface area contributed by atoms with Crippen LogP contribution in [0.1, 0.15) is 47.5 Å². The Balaban J connectivity index is 4.59. The van der Waals surface area contributed by atoms with Gasteiger partial charge in [-0.15, -0.1) is 0 Å². The number of hydrogen-bond acceptors (Lipinski definition) is 3. The highest BCUT2D eigenvalue weighted by atomic mass is 16.4. The predicted molar refractivity (Wildman–Crippen MR) is 71.3 cm³/mol. The van der Waals surface area contributed by atoms with Crippen LogP contribution in [-0.2, 0) is 4.79 Å². The summed E-state index contributed by atoms with van der Waals surface area (Å²) >= 11 is 0. The smallest absolute Gasteiger partial charge is 0.323 e. The Morgan fingerprint density at radius 3 is 2.29 bits per heavy atom. The minimum absolute atomic E-state index is 0.166. The van der Waals surface area contributed by atoms with Gasteiger partial charge >= 0.3 is 5.97 Å². The van der Waals surface area contributed by atoms with E-state index in [0.717, 1.165) is 13.0 Å². The molecule has 2 unspecified atom stereocenters. The summed E-state index contributed by atoms with van der Waals surface area (Å²) in [4.78, 5) is 13.6. The number of carboxylic acid groups (broad SMARTS) is 1. The fourth-order valence-corrected chi connectivity index (χ4v) is 2.16. The number of nitrogens with zero attached hydrogens (tertiary/aromatic N) is 1. The molecule has 0 heterocycles. The molecule has 102 valence electrons. The molecule has 0 saturated heterocycles. The third-order valence-electron chi connectivity index (χ3n) is 3.11. The molecule has 0 saturated carbocycles. The van der Waals surface area contributed by atoms with Crippen LogP contribution in [0.2, 0.25) is 0 Å². The third-order valence-corrected chi connectivity index (χ3v) is 3.11. The van der Waals surface area contributed by atoms with Crippen LogP contribution in [0.4, 0.5) is 0 Å². The van der Waals surface area contributed by atoms with E-state index >= 15 is 0 Å². The molecule has 0 rings (SSSR count). The fourth-order valence-electron chi connectivity index (χ4n) is 2.16. The van der Waals surface area contributed by atoms with Gasteiger partial charge in [0.2, 0.25) is 0 Å². The first-order valence-electron chi connectivity index (χ1n) is 6.44. The van der Waals surface area contributed by atoms with Crippen molar-refractivity contribution in [2.24, 2.45) is 0 Å². The first kappa shape index (κ1) is 16.4. The molecule has 17 heavy (non-hydrogen) atoms. The van der Waals surface area contributed by atoms with E-state index in [1.165, 1.54) is 0 Å². The number of carbonyl (C=O) groups is 1. The van der Waals surface area contributed by atoms with E-state index in [-0.39, 0.29) is 12.1 Å². The van der Waals surface area contributed by atoms with Crippen LogP contribution in [0.25, 0.3) is 0 Å². The Kier molecular flexibility index (Phi) is 6.72. The summed E-state index contributed by atoms with van der Waals surface area (Å²) in [7, 11) is 2.05. The Hall–Kier alpha value is -0.610. The molecule has 0 aliphatic rings. The largest absolute Gasteiger partial charge is 0.480 e. The number of hydrogen-bond donors (Lipinski definition) is 2. The standard InChI is InChI=1S/C13H28N2O2/c1-7-8-15(6)11(4)9-13(5,12(16)17)14-10(2)3/h10-11,14H,7-9H2,1-6H3,(H,16,17). The van der Waals surface area contributed by atoms with Gasteiger partial charge in [-0.1, -0.05) is 6.92 Å². The first-order valence-corrected chi connectivity index (χ1v) is 6.44. The van der Waals surface area contributed by atoms with Gasteiger partial charge in [-0.3, -0.25) is 10.1 Å². The minimum Gasteiger partial charge on any atom is -0.480 e. The summed E-state index contributed by atoms with van der Waals surface area (Å²) in [6.45, 7) is 10.9. The van der Waals surface area contributed by atoms with Crippen LogP contribution >= 0.6 is 0 Å². The van der Waals surface area contributed by atoms with Gasteiger partial charge < -0.3 is 10.0 Å². The molecule has 0 spiro atoms. The van der Waals surface area contributed by atoms with Crippen molar-refractivity contribution < 1.29 is 9.90 Å². The van der Waals surface area contributed by atoms with Crippen molar-refractivity contribution in [2.45, 2.75) is 65.1 Å². The molecule has 4 nitrogen and oxygen atoms in total. The molecule has 2 N–H and O–H groups in total. The van der Waals surface area contributed by atoms with Gasteiger partial charge in [-0.25, -0.2) is 0 Å². The van der Waals surface area contributed by atoms with Crippen LogP contribution in [0.3, 0.4) is 0 Å². The summed E-state index contributed by atoms with van der Waals surface area (Å²) in [5, 5.41) is 12.5. The second-order valence-corrected chi connectivity index (χ2v) is 5.47. The molecule has 0 aromatic heterocycles. The maximum Gasteiger partial charge on any atom is 0.323 e. The van der Waals surface area contributed by atoms with Crippen molar-refractivity contribution in [3.05, 3.63) is 0 Å². The van der Waals surface area contributed by atoms with E-state index in [0.29, 0.717) is 6.42 Å². The van der Waals surface area contributed by atoms with Gasteiger partial charge in [-0.05, 0) is 54.1 Å². The second-order valence-electron chi connectivity index (χ2n) is 5.47. The zero-order valence-electron chi connectivity index (χ0n) is 12.1. The summed E-state index contributed by atoms with van der Waals surface area (Å²) in [6.07, 6.45) is 1.69. The summed E-state index contributed by atoms with van der Waals surface area (Å²) in [5.41, 5.74) is -0.852. The molecule has 0 amide bonds. The topological polar surface area (TPSA) is 52.6 Å². The van der Waals surface area contributed by atoms with Crippen LogP contribution < -0.4 is 5.32 Å². The van der Waals surface area contributed by atoms with Crippen molar-refractivity contribution in [3.63, 3.8) is 0 Å². The zero-order chi connectivity index (χ0) is 13.6. The Bertz CT molecular complexity index is 244. The maximum atomic E-state index is 11.4. The van der Waals surface area contributed by atoms with Gasteiger partial charge in [0.25, 0.3) is 0 Å². The van der Waals surface area contributed by atoms with Crippen LogP contribution in [0.5, 0.6) is 0 Å². The van der Waals surface area contributed by atoms with E-state index < -0.39 is 11.5 Å². The van der Waals surface area contributed by atoms with Crippen LogP contribution in [-0.4, -0.2) is 47.2 Å². The quantitative estimate of drug-likeness (QED) is 0.685. The van der Waals surface area contributed by atoms with Gasteiger partial charge in [0.15, 0.2) is 0 Å². The lowest BCUT2D eigenvalue weighted by atomic mass is 9.92. The average molecular weight is 244 g/mol. The van der Waals surface area contributed by atoms with E-state index in [1.54, 1.807) is 6.92 Å². The Morgan fingerprint density at radius 1 is 1.41 bits per heavy atom. The average Bonchev–Trinajstić information content (AvgIpc) is 2.16. The molecule has 0 aromatic carbocycles. The number of rotatable bonds is 8. The lowest BCUT2D eigenvalue weighted by Gasteiger charge is -2.34. The van der Waals surface area contributed by atoms with Gasteiger partial charge in [0.05, 0.1) is 0 Å². The third kappa shape index (κ3) is 5.50. The summed E-state index contributed by atoms with van der Waals surface area (Å²) in [5.74, 6) is -0.775. The van der Waals surface area contributed by atoms with Gasteiger partial charge in [0, 0.05) is 12.1 Å². The Labute approximate surface area is 105 Å². The van der Waals surface area contributed by atoms with Crippen molar-refractivity contribution in [3.8, 4) is 0 Å². The van der Waals surface area contributed by atoms with Crippen molar-refractivity contribution in [2.75, 3.05) is 13.6 Å². The van der Waals surface area contributed by atoms with E-state index in [2.05, 4.69) is 24.1 Å². The zero-order valence-corrected chi connectivity index (χ0v) is 12.1. The Morgan fingerprint density at radius 2 is 1.94 bits per heavy atom. The molecular weight excluding hydrogens is 216 g/mol. The van der Waals surface area contributed by atoms with Crippen molar-refractivity contribution >= 4 is 5.97 Å². The molecule has 4 heteroatoms. The highest BCUT2D eigenvalue weighted by molar-refractivity contribution is 5.78. The lowest BCUT2D eigenvalue weighted by molar-refractivity contribution is -0.145. The molecule has 0 aromatic rings. The normalized spacial score (nSPS) is 17.2. The lowest BCUT2D eigenvalue weighted by Crippen LogP contribution is -2.55. The number of carboxylic acids is 1. The van der Waals surface area contributed by atoms with Gasteiger partial charge in [-0.2, -0.15) is 0 Å². The van der Waals surface area contributed by atoms with E-state index in [9.17, 15) is 9.90 Å². The van der Waals surface area contributed by atoms with E-state index in [1.807, 2.05) is 20.9 Å². The van der Waals surface area contributed by atoms with E-state index in [4.69, 9.17) is 0 Å². The van der Waals surface area contributed by atoms with Crippen LogP contribution in [0, 0.1) is 0 Å². The number of aliphatic carboxylic acids is 1. The molecule has 0 aliphatic heterocycles. The first-order chi connectivity index (χ1) is 7.73. The minimum atomic E-state index is -0.852. The SMILES string of the molecule is CCCN(C)C(C)CC(C)(NC(C)C)C(=O)O. The predicted octanol–water partition coefficient (Wildman–Crippen LogP) is 1.95. The highest BCUT2D eigenvalue weighted by Crippen LogP contribution is 2.17. The molecule has 0 fully saturated rings. The monoisotopic (exact) mass is 244 g/mol. The summed E-state index contributed by atoms with van der Waals surface area (Å²) < 4.78 is 0. The van der Waals surface area contributed by atoms with Crippen molar-refractivity contribution in [1.29, 1.82) is 0 Å². The molecule has 2 atom stereocenters. The van der Waals surface area contributed by atoms with Crippen molar-refractivity contribution in [1.82, 2.24) is 10.2 Å². The molecule has 0 bridgehead atoms. The summed E-state index contributed by atoms with van der Waals surface area (Å²) in [6, 6.07) is 0.419. The molecule has 0 aliphatic carbocycles. The second kappa shape index (κ2) is 6.97. The molecule has 0 radical (unpaired) electrons. The van der Waals surface area contributed by atoms with Gasteiger partial charge in [0.1, 0.15) is 5.54 Å². The highest BCUT2D eigenvalue weighted by Gasteiger charge is 2.35.